The van der Waals surface area contributed by atoms with Crippen LogP contribution in [0.1, 0.15) is 26.3 Å². The normalized spacial score (nSPS) is 18.0. The van der Waals surface area contributed by atoms with Crippen LogP contribution in [0.4, 0.5) is 5.69 Å². The van der Waals surface area contributed by atoms with Gasteiger partial charge >= 0.3 is 0 Å². The monoisotopic (exact) mass is 339 g/mol. The summed E-state index contributed by atoms with van der Waals surface area (Å²) in [5.41, 5.74) is 1.80. The van der Waals surface area contributed by atoms with E-state index in [1.165, 1.54) is 5.56 Å². The third-order valence-electron chi connectivity index (χ3n) is 3.77. The maximum Gasteiger partial charge on any atom is 0.245 e. The first kappa shape index (κ1) is 15.3. The van der Waals surface area contributed by atoms with E-state index in [0.29, 0.717) is 6.54 Å². The third kappa shape index (κ3) is 2.99. The van der Waals surface area contributed by atoms with Crippen LogP contribution in [-0.2, 0) is 11.3 Å². The van der Waals surface area contributed by atoms with E-state index in [9.17, 15) is 4.79 Å². The van der Waals surface area contributed by atoms with Crippen molar-refractivity contribution in [1.29, 1.82) is 0 Å². The molecule has 20 heavy (non-hydrogen) atoms. The molecule has 1 aromatic carbocycles. The quantitative estimate of drug-likeness (QED) is 0.884. The number of hydrogen-bond donors (Lipinski definition) is 2. The lowest BCUT2D eigenvalue weighted by Gasteiger charge is -2.43. The highest BCUT2D eigenvalue weighted by Gasteiger charge is 2.37. The minimum Gasteiger partial charge on any atom is -0.356 e. The predicted octanol–water partition coefficient (Wildman–Crippen LogP) is 2.27. The summed E-state index contributed by atoms with van der Waals surface area (Å²) >= 11 is 3.63. The number of anilines is 1. The fourth-order valence-corrected chi connectivity index (χ4v) is 2.97. The summed E-state index contributed by atoms with van der Waals surface area (Å²) in [6, 6.07) is 6.31. The topological polar surface area (TPSA) is 44.4 Å². The Hall–Kier alpha value is -1.07. The Morgan fingerprint density at radius 2 is 2.20 bits per heavy atom. The Morgan fingerprint density at radius 3 is 2.85 bits per heavy atom. The lowest BCUT2D eigenvalue weighted by Crippen LogP contribution is -2.62. The second-order valence-electron chi connectivity index (χ2n) is 5.52. The van der Waals surface area contributed by atoms with Gasteiger partial charge in [0.2, 0.25) is 5.91 Å². The lowest BCUT2D eigenvalue weighted by atomic mass is 9.97. The molecule has 0 aromatic heterocycles. The summed E-state index contributed by atoms with van der Waals surface area (Å²) in [6.45, 7) is 9.34. The van der Waals surface area contributed by atoms with Gasteiger partial charge in [0.05, 0.1) is 0 Å². The smallest absolute Gasteiger partial charge is 0.245 e. The van der Waals surface area contributed by atoms with E-state index < -0.39 is 5.54 Å². The number of rotatable bonds is 4. The molecule has 2 N–H and O–H groups in total. The first-order chi connectivity index (χ1) is 9.46. The van der Waals surface area contributed by atoms with E-state index in [1.807, 2.05) is 13.8 Å². The van der Waals surface area contributed by atoms with Crippen LogP contribution in [0.2, 0.25) is 0 Å². The molecule has 2 rings (SSSR count). The molecule has 0 atom stereocenters. The number of hydrogen-bond acceptors (Lipinski definition) is 3. The molecule has 1 aliphatic rings. The van der Waals surface area contributed by atoms with E-state index in [0.717, 1.165) is 29.8 Å². The van der Waals surface area contributed by atoms with Crippen LogP contribution in [0.25, 0.3) is 0 Å². The lowest BCUT2D eigenvalue weighted by molar-refractivity contribution is -0.126. The van der Waals surface area contributed by atoms with E-state index in [1.54, 1.807) is 0 Å². The Bertz CT molecular complexity index is 502. The zero-order valence-corrected chi connectivity index (χ0v) is 13.9. The van der Waals surface area contributed by atoms with Gasteiger partial charge in [-0.2, -0.15) is 0 Å². The van der Waals surface area contributed by atoms with Gasteiger partial charge in [0.15, 0.2) is 0 Å². The number of nitrogens with zero attached hydrogens (tertiary/aromatic N) is 1. The van der Waals surface area contributed by atoms with Gasteiger partial charge < -0.3 is 15.5 Å². The van der Waals surface area contributed by atoms with Crippen molar-refractivity contribution in [2.24, 2.45) is 0 Å². The van der Waals surface area contributed by atoms with Gasteiger partial charge in [-0.1, -0.05) is 28.9 Å². The number of carbonyl (C=O) groups excluding carboxylic acids is 1. The second kappa shape index (κ2) is 6.14. The van der Waals surface area contributed by atoms with Crippen molar-refractivity contribution in [2.75, 3.05) is 24.5 Å². The molecule has 110 valence electrons. The van der Waals surface area contributed by atoms with Crippen molar-refractivity contribution in [1.82, 2.24) is 10.6 Å². The highest BCUT2D eigenvalue weighted by Crippen LogP contribution is 2.30. The molecule has 0 radical (unpaired) electrons. The minimum absolute atomic E-state index is 0.0802. The molecule has 0 unspecified atom stereocenters. The summed E-state index contributed by atoms with van der Waals surface area (Å²) in [6.07, 6.45) is 0. The average molecular weight is 340 g/mol. The fraction of sp³-hybridized carbons (Fsp3) is 0.533. The molecule has 1 amide bonds. The molecular weight excluding hydrogens is 318 g/mol. The SMILES string of the molecule is CCNCc1ccc(N2CCNC(=O)C2(C)C)cc1Br. The first-order valence-electron chi connectivity index (χ1n) is 7.02. The van der Waals surface area contributed by atoms with Gasteiger partial charge in [-0.25, -0.2) is 0 Å². The largest absolute Gasteiger partial charge is 0.356 e. The molecule has 0 bridgehead atoms. The number of nitrogens with one attached hydrogen (secondary N) is 2. The zero-order chi connectivity index (χ0) is 14.8. The number of carbonyl (C=O) groups is 1. The summed E-state index contributed by atoms with van der Waals surface area (Å²) in [5, 5.41) is 6.24. The molecule has 1 aliphatic heterocycles. The Labute approximate surface area is 129 Å². The maximum atomic E-state index is 12.0. The molecule has 0 saturated carbocycles. The fourth-order valence-electron chi connectivity index (χ4n) is 2.46. The van der Waals surface area contributed by atoms with Crippen molar-refractivity contribution in [3.63, 3.8) is 0 Å². The van der Waals surface area contributed by atoms with Crippen LogP contribution < -0.4 is 15.5 Å². The summed E-state index contributed by atoms with van der Waals surface area (Å²) in [7, 11) is 0. The van der Waals surface area contributed by atoms with Gasteiger partial charge in [0.25, 0.3) is 0 Å². The minimum atomic E-state index is -0.513. The summed E-state index contributed by atoms with van der Waals surface area (Å²) < 4.78 is 1.08. The highest BCUT2D eigenvalue weighted by molar-refractivity contribution is 9.10. The molecule has 0 aliphatic carbocycles. The molecule has 4 nitrogen and oxygen atoms in total. The van der Waals surface area contributed by atoms with Crippen LogP contribution in [0, 0.1) is 0 Å². The first-order valence-corrected chi connectivity index (χ1v) is 7.81. The van der Waals surface area contributed by atoms with Gasteiger partial charge in [-0.05, 0) is 38.1 Å². The third-order valence-corrected chi connectivity index (χ3v) is 4.50. The van der Waals surface area contributed by atoms with Gasteiger partial charge in [0, 0.05) is 29.8 Å². The molecular formula is C15H22BrN3O. The van der Waals surface area contributed by atoms with Crippen LogP contribution >= 0.6 is 15.9 Å². The van der Waals surface area contributed by atoms with Crippen molar-refractivity contribution in [3.8, 4) is 0 Å². The van der Waals surface area contributed by atoms with Crippen molar-refractivity contribution in [3.05, 3.63) is 28.2 Å². The van der Waals surface area contributed by atoms with Crippen LogP contribution in [0.5, 0.6) is 0 Å². The summed E-state index contributed by atoms with van der Waals surface area (Å²) in [5.74, 6) is 0.0802. The molecule has 1 heterocycles. The average Bonchev–Trinajstić information content (AvgIpc) is 2.40. The van der Waals surface area contributed by atoms with Crippen molar-refractivity contribution >= 4 is 27.5 Å². The van der Waals surface area contributed by atoms with Crippen LogP contribution in [0.15, 0.2) is 22.7 Å². The van der Waals surface area contributed by atoms with Crippen molar-refractivity contribution in [2.45, 2.75) is 32.9 Å². The Kier molecular flexibility index (Phi) is 4.70. The molecule has 1 saturated heterocycles. The second-order valence-corrected chi connectivity index (χ2v) is 6.38. The number of halogens is 1. The van der Waals surface area contributed by atoms with E-state index in [-0.39, 0.29) is 5.91 Å². The number of piperazine rings is 1. The van der Waals surface area contributed by atoms with Gasteiger partial charge in [0.1, 0.15) is 5.54 Å². The standard InChI is InChI=1S/C15H22BrN3O/c1-4-17-10-11-5-6-12(9-13(11)16)19-8-7-18-14(20)15(19,2)3/h5-6,9,17H,4,7-8,10H2,1-3H3,(H,18,20). The maximum absolute atomic E-state index is 12.0. The molecule has 5 heteroatoms. The van der Waals surface area contributed by atoms with E-state index in [4.69, 9.17) is 0 Å². The molecule has 1 fully saturated rings. The zero-order valence-electron chi connectivity index (χ0n) is 12.3. The highest BCUT2D eigenvalue weighted by atomic mass is 79.9. The Morgan fingerprint density at radius 1 is 1.45 bits per heavy atom. The van der Waals surface area contributed by atoms with E-state index >= 15 is 0 Å². The molecule has 0 spiro atoms. The molecule has 1 aromatic rings. The number of benzene rings is 1. The van der Waals surface area contributed by atoms with Gasteiger partial charge in [-0.3, -0.25) is 4.79 Å². The van der Waals surface area contributed by atoms with Crippen LogP contribution in [-0.4, -0.2) is 31.1 Å². The van der Waals surface area contributed by atoms with Gasteiger partial charge in [-0.15, -0.1) is 0 Å². The Balaban J connectivity index is 2.24. The summed E-state index contributed by atoms with van der Waals surface area (Å²) in [4.78, 5) is 14.2. The predicted molar refractivity (Wildman–Crippen MR) is 86.0 cm³/mol. The number of amides is 1. The van der Waals surface area contributed by atoms with Crippen LogP contribution in [0.3, 0.4) is 0 Å². The van der Waals surface area contributed by atoms with Crippen molar-refractivity contribution < 1.29 is 4.79 Å². The van der Waals surface area contributed by atoms with E-state index in [2.05, 4.69) is 56.6 Å².